The molecule has 0 saturated heterocycles. The zero-order valence-electron chi connectivity index (χ0n) is 16.2. The molecule has 1 aliphatic rings. The molecule has 0 radical (unpaired) electrons. The SMILES string of the molecule is COc1ccc(-c2ccc3c(c2)CCc2c-3nc3ccc(F)cc3c2C(=O)[O-])cc1. The summed E-state index contributed by atoms with van der Waals surface area (Å²) < 4.78 is 19.0. The number of halogens is 1. The number of carbonyl (C=O) groups excluding carboxylic acids is 1. The summed E-state index contributed by atoms with van der Waals surface area (Å²) in [6.45, 7) is 0. The van der Waals surface area contributed by atoms with Crippen LogP contribution < -0.4 is 9.84 Å². The van der Waals surface area contributed by atoms with E-state index < -0.39 is 11.8 Å². The molecule has 1 aromatic heterocycles. The number of aromatic carboxylic acids is 1. The van der Waals surface area contributed by atoms with E-state index in [0.717, 1.165) is 28.0 Å². The van der Waals surface area contributed by atoms with Gasteiger partial charge in [0.1, 0.15) is 11.6 Å². The molecule has 5 heteroatoms. The topological polar surface area (TPSA) is 62.2 Å². The number of rotatable bonds is 3. The number of nitrogens with zero attached hydrogens (tertiary/aromatic N) is 1. The Bertz CT molecular complexity index is 1310. The Hall–Kier alpha value is -3.73. The van der Waals surface area contributed by atoms with Crippen LogP contribution in [0.3, 0.4) is 0 Å². The average Bonchev–Trinajstić information content (AvgIpc) is 2.77. The number of hydrogen-bond acceptors (Lipinski definition) is 4. The number of aromatic nitrogens is 1. The van der Waals surface area contributed by atoms with Crippen molar-refractivity contribution >= 4 is 16.9 Å². The third-order valence-corrected chi connectivity index (χ3v) is 5.68. The number of fused-ring (bicyclic) bond motifs is 4. The van der Waals surface area contributed by atoms with Crippen molar-refractivity contribution in [2.75, 3.05) is 7.11 Å². The Morgan fingerprint density at radius 1 is 1.00 bits per heavy atom. The highest BCUT2D eigenvalue weighted by Crippen LogP contribution is 2.38. The minimum absolute atomic E-state index is 0.0411. The second-order valence-electron chi connectivity index (χ2n) is 7.36. The highest BCUT2D eigenvalue weighted by Gasteiger charge is 2.23. The van der Waals surface area contributed by atoms with Gasteiger partial charge in [0, 0.05) is 16.5 Å². The van der Waals surface area contributed by atoms with Crippen molar-refractivity contribution in [3.05, 3.63) is 83.2 Å². The maximum Gasteiger partial charge on any atom is 0.123 e. The van der Waals surface area contributed by atoms with Gasteiger partial charge in [0.25, 0.3) is 0 Å². The van der Waals surface area contributed by atoms with Gasteiger partial charge in [0.15, 0.2) is 0 Å². The van der Waals surface area contributed by atoms with E-state index in [0.29, 0.717) is 29.6 Å². The molecular weight excluding hydrogens is 381 g/mol. The molecule has 4 aromatic rings. The first-order valence-corrected chi connectivity index (χ1v) is 9.66. The molecule has 0 bridgehead atoms. The fourth-order valence-corrected chi connectivity index (χ4v) is 4.23. The first-order chi connectivity index (χ1) is 14.5. The van der Waals surface area contributed by atoms with E-state index in [2.05, 4.69) is 6.07 Å². The molecule has 1 aliphatic carbocycles. The average molecular weight is 398 g/mol. The van der Waals surface area contributed by atoms with Crippen LogP contribution in [-0.4, -0.2) is 18.1 Å². The van der Waals surface area contributed by atoms with Gasteiger partial charge >= 0.3 is 0 Å². The van der Waals surface area contributed by atoms with Crippen LogP contribution in [0.25, 0.3) is 33.3 Å². The van der Waals surface area contributed by atoms with E-state index in [1.165, 1.54) is 18.2 Å². The van der Waals surface area contributed by atoms with E-state index in [1.54, 1.807) is 7.11 Å². The molecule has 148 valence electrons. The summed E-state index contributed by atoms with van der Waals surface area (Å²) in [4.78, 5) is 16.6. The van der Waals surface area contributed by atoms with E-state index in [-0.39, 0.29) is 10.9 Å². The van der Waals surface area contributed by atoms with Crippen molar-refractivity contribution in [2.24, 2.45) is 0 Å². The largest absolute Gasteiger partial charge is 0.545 e. The lowest BCUT2D eigenvalue weighted by atomic mass is 9.84. The minimum atomic E-state index is -1.30. The second-order valence-corrected chi connectivity index (χ2v) is 7.36. The Morgan fingerprint density at radius 3 is 2.50 bits per heavy atom. The van der Waals surface area contributed by atoms with Gasteiger partial charge in [-0.05, 0) is 65.4 Å². The van der Waals surface area contributed by atoms with Crippen LogP contribution in [0.5, 0.6) is 5.75 Å². The van der Waals surface area contributed by atoms with Crippen LogP contribution in [0.4, 0.5) is 4.39 Å². The number of pyridine rings is 1. The highest BCUT2D eigenvalue weighted by molar-refractivity contribution is 6.05. The maximum absolute atomic E-state index is 13.8. The van der Waals surface area contributed by atoms with Gasteiger partial charge in [0.05, 0.1) is 24.3 Å². The van der Waals surface area contributed by atoms with Gasteiger partial charge in [-0.2, -0.15) is 0 Å². The summed E-state index contributed by atoms with van der Waals surface area (Å²) in [6.07, 6.45) is 1.19. The van der Waals surface area contributed by atoms with Crippen molar-refractivity contribution in [3.8, 4) is 28.1 Å². The van der Waals surface area contributed by atoms with Crippen LogP contribution in [0.15, 0.2) is 60.7 Å². The van der Waals surface area contributed by atoms with Crippen molar-refractivity contribution in [2.45, 2.75) is 12.8 Å². The lowest BCUT2D eigenvalue weighted by molar-refractivity contribution is -0.254. The number of benzene rings is 3. The maximum atomic E-state index is 13.8. The molecular formula is C25H17FNO3-. The van der Waals surface area contributed by atoms with Crippen LogP contribution in [0.1, 0.15) is 21.5 Å². The lowest BCUT2D eigenvalue weighted by Crippen LogP contribution is -2.26. The second kappa shape index (κ2) is 6.95. The molecule has 0 fully saturated rings. The third-order valence-electron chi connectivity index (χ3n) is 5.68. The molecule has 4 nitrogen and oxygen atoms in total. The van der Waals surface area contributed by atoms with Crippen molar-refractivity contribution in [3.63, 3.8) is 0 Å². The predicted octanol–water partition coefficient (Wildman–Crippen LogP) is 4.18. The van der Waals surface area contributed by atoms with Gasteiger partial charge < -0.3 is 14.6 Å². The lowest BCUT2D eigenvalue weighted by Gasteiger charge is -2.24. The monoisotopic (exact) mass is 398 g/mol. The van der Waals surface area contributed by atoms with Gasteiger partial charge in [-0.1, -0.05) is 30.3 Å². The number of carbonyl (C=O) groups is 1. The number of aryl methyl sites for hydroxylation is 1. The molecule has 0 aliphatic heterocycles. The van der Waals surface area contributed by atoms with Crippen molar-refractivity contribution in [1.82, 2.24) is 4.98 Å². The zero-order chi connectivity index (χ0) is 20.8. The third kappa shape index (κ3) is 2.90. The molecule has 30 heavy (non-hydrogen) atoms. The number of ether oxygens (including phenoxy) is 1. The zero-order valence-corrected chi connectivity index (χ0v) is 16.2. The van der Waals surface area contributed by atoms with E-state index >= 15 is 0 Å². The standard InChI is InChI=1S/C25H18FNO3/c1-30-18-7-2-14(3-8-18)15-4-9-19-16(12-15)5-10-20-23(25(28)29)21-13-17(26)6-11-22(21)27-24(19)20/h2-4,6-9,11-13H,5,10H2,1H3,(H,28,29)/p-1. The Morgan fingerprint density at radius 2 is 1.77 bits per heavy atom. The van der Waals surface area contributed by atoms with Crippen molar-refractivity contribution < 1.29 is 19.0 Å². The number of carboxylic acid groups (broad SMARTS) is 1. The number of carboxylic acids is 1. The summed E-state index contributed by atoms with van der Waals surface area (Å²) in [7, 11) is 1.64. The molecule has 0 atom stereocenters. The van der Waals surface area contributed by atoms with E-state index in [1.807, 2.05) is 36.4 Å². The summed E-state index contributed by atoms with van der Waals surface area (Å²) in [5.41, 5.74) is 5.88. The first-order valence-electron chi connectivity index (χ1n) is 9.66. The Kier molecular flexibility index (Phi) is 4.24. The van der Waals surface area contributed by atoms with Crippen LogP contribution in [0.2, 0.25) is 0 Å². The van der Waals surface area contributed by atoms with E-state index in [9.17, 15) is 14.3 Å². The Balaban J connectivity index is 1.67. The first kappa shape index (κ1) is 18.3. The summed E-state index contributed by atoms with van der Waals surface area (Å²) >= 11 is 0. The van der Waals surface area contributed by atoms with Crippen LogP contribution >= 0.6 is 0 Å². The Labute approximate surface area is 172 Å². The quantitative estimate of drug-likeness (QED) is 0.519. The predicted molar refractivity (Wildman–Crippen MR) is 111 cm³/mol. The summed E-state index contributed by atoms with van der Waals surface area (Å²) in [5, 5.41) is 12.2. The molecule has 1 heterocycles. The normalized spacial score (nSPS) is 12.3. The van der Waals surface area contributed by atoms with E-state index in [4.69, 9.17) is 9.72 Å². The van der Waals surface area contributed by atoms with Crippen molar-refractivity contribution in [1.29, 1.82) is 0 Å². The molecule has 0 unspecified atom stereocenters. The molecule has 5 rings (SSSR count). The summed E-state index contributed by atoms with van der Waals surface area (Å²) in [6, 6.07) is 18.0. The van der Waals surface area contributed by atoms with Gasteiger partial charge in [0.2, 0.25) is 0 Å². The fraction of sp³-hybridized carbons (Fsp3) is 0.120. The van der Waals surface area contributed by atoms with Crippen LogP contribution in [-0.2, 0) is 12.8 Å². The molecule has 3 aromatic carbocycles. The molecule has 0 spiro atoms. The number of methoxy groups -OCH3 is 1. The number of hydrogen-bond donors (Lipinski definition) is 0. The van der Waals surface area contributed by atoms with Gasteiger partial charge in [-0.15, -0.1) is 0 Å². The summed E-state index contributed by atoms with van der Waals surface area (Å²) in [5.74, 6) is -0.998. The molecule has 0 N–H and O–H groups in total. The molecule has 0 saturated carbocycles. The van der Waals surface area contributed by atoms with Gasteiger partial charge in [-0.3, -0.25) is 0 Å². The van der Waals surface area contributed by atoms with Crippen LogP contribution in [0, 0.1) is 5.82 Å². The fourth-order valence-electron chi connectivity index (χ4n) is 4.23. The van der Waals surface area contributed by atoms with Gasteiger partial charge in [-0.25, -0.2) is 9.37 Å². The highest BCUT2D eigenvalue weighted by atomic mass is 19.1. The minimum Gasteiger partial charge on any atom is -0.545 e. The smallest absolute Gasteiger partial charge is 0.123 e. The molecule has 0 amide bonds.